The second kappa shape index (κ2) is 7.01. The summed E-state index contributed by atoms with van der Waals surface area (Å²) in [6.45, 7) is 4.07. The fourth-order valence-electron chi connectivity index (χ4n) is 1.86. The number of nitro groups is 2. The van der Waals surface area contributed by atoms with E-state index in [9.17, 15) is 20.2 Å². The molecule has 120 valence electrons. The number of thioether (sulfide) groups is 2. The van der Waals surface area contributed by atoms with Crippen molar-refractivity contribution in [1.82, 2.24) is 0 Å². The molecule has 2 rings (SSSR count). The Bertz CT molecular complexity index is 654. The van der Waals surface area contributed by atoms with Crippen LogP contribution in [0.4, 0.5) is 11.4 Å². The SMILES string of the molecule is CC(C)(Sc1ccc([N+](=O)[O-])cc1)Sc1ccc([N+](=O)[O-])cc1. The lowest BCUT2D eigenvalue weighted by Gasteiger charge is -2.23. The maximum absolute atomic E-state index is 10.7. The Morgan fingerprint density at radius 2 is 1.04 bits per heavy atom. The summed E-state index contributed by atoms with van der Waals surface area (Å²) in [5.41, 5.74) is 0.130. The standard InChI is InChI=1S/C15H14N2O4S2/c1-15(2,22-13-7-3-11(4-8-13)16(18)19)23-14-9-5-12(6-10-14)17(20)21/h3-10H,1-2H3. The van der Waals surface area contributed by atoms with Gasteiger partial charge in [0.25, 0.3) is 11.4 Å². The molecular weight excluding hydrogens is 336 g/mol. The third kappa shape index (κ3) is 4.97. The van der Waals surface area contributed by atoms with Gasteiger partial charge in [0.1, 0.15) is 0 Å². The highest BCUT2D eigenvalue weighted by molar-refractivity contribution is 8.18. The van der Waals surface area contributed by atoms with Gasteiger partial charge in [-0.1, -0.05) is 0 Å². The van der Waals surface area contributed by atoms with Crippen molar-refractivity contribution in [3.05, 3.63) is 68.8 Å². The Morgan fingerprint density at radius 3 is 1.30 bits per heavy atom. The number of non-ortho nitro benzene ring substituents is 2. The lowest BCUT2D eigenvalue weighted by molar-refractivity contribution is -0.385. The number of benzene rings is 2. The summed E-state index contributed by atoms with van der Waals surface area (Å²) < 4.78 is -0.230. The van der Waals surface area contributed by atoms with Crippen molar-refractivity contribution < 1.29 is 9.85 Å². The highest BCUT2D eigenvalue weighted by Crippen LogP contribution is 2.45. The van der Waals surface area contributed by atoms with Crippen molar-refractivity contribution in [3.63, 3.8) is 0 Å². The Morgan fingerprint density at radius 1 is 0.739 bits per heavy atom. The Balaban J connectivity index is 2.06. The van der Waals surface area contributed by atoms with Crippen LogP contribution in [-0.4, -0.2) is 13.9 Å². The van der Waals surface area contributed by atoms with Crippen molar-refractivity contribution in [2.45, 2.75) is 27.7 Å². The van der Waals surface area contributed by atoms with Crippen LogP contribution in [0.25, 0.3) is 0 Å². The molecule has 6 nitrogen and oxygen atoms in total. The minimum Gasteiger partial charge on any atom is -0.258 e. The van der Waals surface area contributed by atoms with Gasteiger partial charge in [0.05, 0.1) is 13.9 Å². The molecule has 0 heterocycles. The van der Waals surface area contributed by atoms with Gasteiger partial charge in [0, 0.05) is 34.1 Å². The number of hydrogen-bond donors (Lipinski definition) is 0. The predicted molar refractivity (Wildman–Crippen MR) is 92.0 cm³/mol. The first-order valence-corrected chi connectivity index (χ1v) is 8.27. The lowest BCUT2D eigenvalue weighted by Crippen LogP contribution is -2.08. The molecule has 0 aliphatic rings. The van der Waals surface area contributed by atoms with Gasteiger partial charge in [0.15, 0.2) is 0 Å². The van der Waals surface area contributed by atoms with E-state index in [-0.39, 0.29) is 15.5 Å². The highest BCUT2D eigenvalue weighted by Gasteiger charge is 2.22. The molecule has 8 heteroatoms. The minimum atomic E-state index is -0.425. The van der Waals surface area contributed by atoms with E-state index >= 15 is 0 Å². The van der Waals surface area contributed by atoms with E-state index in [1.807, 2.05) is 13.8 Å². The predicted octanol–water partition coefficient (Wildman–Crippen LogP) is 5.12. The van der Waals surface area contributed by atoms with Gasteiger partial charge in [-0.15, -0.1) is 23.5 Å². The van der Waals surface area contributed by atoms with Gasteiger partial charge in [-0.25, -0.2) is 0 Å². The van der Waals surface area contributed by atoms with E-state index in [1.165, 1.54) is 24.3 Å². The van der Waals surface area contributed by atoms with Crippen LogP contribution in [0.1, 0.15) is 13.8 Å². The lowest BCUT2D eigenvalue weighted by atomic mass is 10.3. The van der Waals surface area contributed by atoms with E-state index in [2.05, 4.69) is 0 Å². The summed E-state index contributed by atoms with van der Waals surface area (Å²) in [7, 11) is 0. The van der Waals surface area contributed by atoms with E-state index < -0.39 is 9.85 Å². The molecule has 23 heavy (non-hydrogen) atoms. The van der Waals surface area contributed by atoms with Crippen molar-refractivity contribution in [2.24, 2.45) is 0 Å². The molecule has 2 aromatic carbocycles. The Kier molecular flexibility index (Phi) is 5.27. The molecule has 0 aliphatic carbocycles. The topological polar surface area (TPSA) is 86.3 Å². The summed E-state index contributed by atoms with van der Waals surface area (Å²) in [5, 5.41) is 21.3. The number of hydrogen-bond acceptors (Lipinski definition) is 6. The van der Waals surface area contributed by atoms with Crippen LogP contribution in [0.5, 0.6) is 0 Å². The zero-order valence-electron chi connectivity index (χ0n) is 12.5. The summed E-state index contributed by atoms with van der Waals surface area (Å²) in [4.78, 5) is 22.3. The monoisotopic (exact) mass is 350 g/mol. The molecule has 0 atom stereocenters. The van der Waals surface area contributed by atoms with Gasteiger partial charge >= 0.3 is 0 Å². The third-order valence-corrected chi connectivity index (χ3v) is 5.32. The molecule has 0 aliphatic heterocycles. The summed E-state index contributed by atoms with van der Waals surface area (Å²) in [6, 6.07) is 12.8. The average Bonchev–Trinajstić information content (AvgIpc) is 2.47. The van der Waals surface area contributed by atoms with Crippen molar-refractivity contribution in [3.8, 4) is 0 Å². The second-order valence-electron chi connectivity index (χ2n) is 5.11. The third-order valence-electron chi connectivity index (χ3n) is 2.82. The zero-order chi connectivity index (χ0) is 17.0. The van der Waals surface area contributed by atoms with Crippen molar-refractivity contribution in [2.75, 3.05) is 0 Å². The van der Waals surface area contributed by atoms with Crippen LogP contribution in [-0.2, 0) is 0 Å². The molecule has 0 aromatic heterocycles. The largest absolute Gasteiger partial charge is 0.269 e. The molecule has 0 N–H and O–H groups in total. The van der Waals surface area contributed by atoms with Gasteiger partial charge in [-0.05, 0) is 38.1 Å². The molecule has 0 unspecified atom stereocenters. The molecule has 0 saturated heterocycles. The molecule has 0 saturated carbocycles. The van der Waals surface area contributed by atoms with Crippen molar-refractivity contribution in [1.29, 1.82) is 0 Å². The first kappa shape index (κ1) is 17.3. The molecule has 2 aromatic rings. The first-order chi connectivity index (χ1) is 10.8. The minimum absolute atomic E-state index is 0.0650. The molecule has 0 radical (unpaired) electrons. The van der Waals surface area contributed by atoms with Crippen molar-refractivity contribution >= 4 is 34.9 Å². The fraction of sp³-hybridized carbons (Fsp3) is 0.200. The van der Waals surface area contributed by atoms with Crippen LogP contribution < -0.4 is 0 Å². The van der Waals surface area contributed by atoms with E-state index in [0.717, 1.165) is 9.79 Å². The number of nitrogens with zero attached hydrogens (tertiary/aromatic N) is 2. The summed E-state index contributed by atoms with van der Waals surface area (Å²) in [5.74, 6) is 0. The Labute approximate surface area is 141 Å². The number of rotatable bonds is 6. The maximum Gasteiger partial charge on any atom is 0.269 e. The molecule has 0 fully saturated rings. The van der Waals surface area contributed by atoms with Crippen LogP contribution in [0.15, 0.2) is 58.3 Å². The van der Waals surface area contributed by atoms with E-state index in [4.69, 9.17) is 0 Å². The second-order valence-corrected chi connectivity index (χ2v) is 8.76. The highest BCUT2D eigenvalue weighted by atomic mass is 32.2. The molecule has 0 spiro atoms. The fourth-order valence-corrected chi connectivity index (χ4v) is 4.28. The summed E-state index contributed by atoms with van der Waals surface area (Å²) >= 11 is 3.16. The maximum atomic E-state index is 10.7. The van der Waals surface area contributed by atoms with Gasteiger partial charge < -0.3 is 0 Å². The first-order valence-electron chi connectivity index (χ1n) is 6.64. The zero-order valence-corrected chi connectivity index (χ0v) is 14.1. The van der Waals surface area contributed by atoms with E-state index in [1.54, 1.807) is 47.8 Å². The van der Waals surface area contributed by atoms with Gasteiger partial charge in [-0.2, -0.15) is 0 Å². The van der Waals surface area contributed by atoms with Gasteiger partial charge in [-0.3, -0.25) is 20.2 Å². The van der Waals surface area contributed by atoms with Crippen LogP contribution in [0, 0.1) is 20.2 Å². The molecule has 0 amide bonds. The smallest absolute Gasteiger partial charge is 0.258 e. The van der Waals surface area contributed by atoms with E-state index in [0.29, 0.717) is 0 Å². The van der Waals surface area contributed by atoms with Crippen LogP contribution >= 0.6 is 23.5 Å². The molecular formula is C15H14N2O4S2. The van der Waals surface area contributed by atoms with Crippen LogP contribution in [0.2, 0.25) is 0 Å². The quantitative estimate of drug-likeness (QED) is 0.311. The average molecular weight is 350 g/mol. The summed E-state index contributed by atoms with van der Waals surface area (Å²) in [6.07, 6.45) is 0. The van der Waals surface area contributed by atoms with Crippen LogP contribution in [0.3, 0.4) is 0 Å². The normalized spacial score (nSPS) is 11.2. The molecule has 0 bridgehead atoms. The Hall–Kier alpha value is -2.06. The van der Waals surface area contributed by atoms with Gasteiger partial charge in [0.2, 0.25) is 0 Å². The number of nitro benzene ring substituents is 2.